The number of benzene rings is 1. The summed E-state index contributed by atoms with van der Waals surface area (Å²) in [6.45, 7) is 3.05. The van der Waals surface area contributed by atoms with Gasteiger partial charge >= 0.3 is 0 Å². The van der Waals surface area contributed by atoms with Crippen LogP contribution in [0.3, 0.4) is 0 Å². The summed E-state index contributed by atoms with van der Waals surface area (Å²) in [5.41, 5.74) is 7.29. The molecule has 0 spiro atoms. The fourth-order valence-electron chi connectivity index (χ4n) is 2.19. The van der Waals surface area contributed by atoms with E-state index in [0.717, 1.165) is 11.3 Å². The van der Waals surface area contributed by atoms with Gasteiger partial charge in [0.1, 0.15) is 5.75 Å². The highest BCUT2D eigenvalue weighted by molar-refractivity contribution is 6.31. The highest BCUT2D eigenvalue weighted by Crippen LogP contribution is 2.36. The van der Waals surface area contributed by atoms with Gasteiger partial charge < -0.3 is 15.4 Å². The van der Waals surface area contributed by atoms with E-state index in [1.807, 2.05) is 13.0 Å². The number of rotatable bonds is 3. The highest BCUT2D eigenvalue weighted by Gasteiger charge is 2.31. The third kappa shape index (κ3) is 2.31. The quantitative estimate of drug-likeness (QED) is 0.912. The zero-order valence-corrected chi connectivity index (χ0v) is 11.3. The molecule has 4 nitrogen and oxygen atoms in total. The Balaban J connectivity index is 2.38. The molecule has 0 bridgehead atoms. The van der Waals surface area contributed by atoms with Gasteiger partial charge in [-0.2, -0.15) is 0 Å². The summed E-state index contributed by atoms with van der Waals surface area (Å²) in [5, 5.41) is 0.634. The predicted molar refractivity (Wildman–Crippen MR) is 72.3 cm³/mol. The molecule has 1 heterocycles. The van der Waals surface area contributed by atoms with Gasteiger partial charge in [-0.1, -0.05) is 11.6 Å². The van der Waals surface area contributed by atoms with Crippen molar-refractivity contribution in [3.05, 3.63) is 22.7 Å². The molecule has 1 unspecified atom stereocenters. The number of halogens is 1. The molecule has 2 N–H and O–H groups in total. The molecule has 98 valence electrons. The first kappa shape index (κ1) is 13.2. The zero-order valence-electron chi connectivity index (χ0n) is 10.6. The lowest BCUT2D eigenvalue weighted by Crippen LogP contribution is -2.26. The fourth-order valence-corrected chi connectivity index (χ4v) is 2.35. The molecule has 0 aromatic heterocycles. The summed E-state index contributed by atoms with van der Waals surface area (Å²) in [5.74, 6) is 0.953. The molecule has 18 heavy (non-hydrogen) atoms. The second-order valence-corrected chi connectivity index (χ2v) is 4.99. The Hall–Kier alpha value is -1.26. The summed E-state index contributed by atoms with van der Waals surface area (Å²) in [6, 6.07) is 3.63. The van der Waals surface area contributed by atoms with Crippen molar-refractivity contribution < 1.29 is 9.53 Å². The van der Waals surface area contributed by atoms with Crippen molar-refractivity contribution in [3.8, 4) is 5.75 Å². The second kappa shape index (κ2) is 5.16. The van der Waals surface area contributed by atoms with Gasteiger partial charge in [0, 0.05) is 18.0 Å². The SMILES string of the molecule is COc1cc(C)c(Cl)cc1N1CC(CN)CC1=O. The van der Waals surface area contributed by atoms with E-state index >= 15 is 0 Å². The average molecular weight is 269 g/mol. The molecule has 1 atom stereocenters. The first-order chi connectivity index (χ1) is 8.56. The Labute approximate surface area is 112 Å². The van der Waals surface area contributed by atoms with Crippen LogP contribution in [0.4, 0.5) is 5.69 Å². The molecule has 1 amide bonds. The average Bonchev–Trinajstić information content (AvgIpc) is 2.73. The van der Waals surface area contributed by atoms with Crippen LogP contribution in [0.15, 0.2) is 12.1 Å². The van der Waals surface area contributed by atoms with E-state index in [-0.39, 0.29) is 11.8 Å². The number of hydrogen-bond donors (Lipinski definition) is 1. The molecule has 1 aliphatic heterocycles. The van der Waals surface area contributed by atoms with Crippen molar-refractivity contribution in [3.63, 3.8) is 0 Å². The van der Waals surface area contributed by atoms with Gasteiger partial charge in [0.05, 0.1) is 12.8 Å². The van der Waals surface area contributed by atoms with E-state index in [1.54, 1.807) is 18.1 Å². The number of anilines is 1. The van der Waals surface area contributed by atoms with Crippen LogP contribution in [-0.4, -0.2) is 26.1 Å². The standard InChI is InChI=1S/C13H17ClN2O2/c1-8-3-12(18-2)11(5-10(8)14)16-7-9(6-15)4-13(16)17/h3,5,9H,4,6-7,15H2,1-2H3. The van der Waals surface area contributed by atoms with Crippen molar-refractivity contribution in [2.45, 2.75) is 13.3 Å². The molecular formula is C13H17ClN2O2. The molecule has 1 aromatic carbocycles. The van der Waals surface area contributed by atoms with Crippen molar-refractivity contribution in [2.24, 2.45) is 11.7 Å². The van der Waals surface area contributed by atoms with Gasteiger partial charge in [0.25, 0.3) is 0 Å². The Morgan fingerprint density at radius 2 is 2.28 bits per heavy atom. The topological polar surface area (TPSA) is 55.6 Å². The third-order valence-corrected chi connectivity index (χ3v) is 3.70. The first-order valence-corrected chi connectivity index (χ1v) is 6.29. The minimum atomic E-state index is 0.0728. The van der Waals surface area contributed by atoms with Crippen LogP contribution in [-0.2, 0) is 4.79 Å². The molecule has 1 aliphatic rings. The maximum absolute atomic E-state index is 12.0. The zero-order chi connectivity index (χ0) is 13.3. The normalized spacial score (nSPS) is 19.4. The molecule has 0 saturated carbocycles. The van der Waals surface area contributed by atoms with Crippen LogP contribution >= 0.6 is 11.6 Å². The van der Waals surface area contributed by atoms with E-state index in [4.69, 9.17) is 22.1 Å². The van der Waals surface area contributed by atoms with E-state index in [2.05, 4.69) is 0 Å². The number of carbonyl (C=O) groups excluding carboxylic acids is 1. The maximum Gasteiger partial charge on any atom is 0.227 e. The highest BCUT2D eigenvalue weighted by atomic mass is 35.5. The number of nitrogens with two attached hydrogens (primary N) is 1. The molecule has 1 aromatic rings. The third-order valence-electron chi connectivity index (χ3n) is 3.29. The van der Waals surface area contributed by atoms with Crippen LogP contribution in [0.25, 0.3) is 0 Å². The second-order valence-electron chi connectivity index (χ2n) is 4.58. The predicted octanol–water partition coefficient (Wildman–Crippen LogP) is 1.97. The molecule has 2 rings (SSSR count). The number of methoxy groups -OCH3 is 1. The van der Waals surface area contributed by atoms with Gasteiger partial charge in [0.15, 0.2) is 0 Å². The molecule has 0 aliphatic carbocycles. The van der Waals surface area contributed by atoms with E-state index in [1.165, 1.54) is 0 Å². The lowest BCUT2D eigenvalue weighted by atomic mass is 10.1. The van der Waals surface area contributed by atoms with Crippen LogP contribution in [0, 0.1) is 12.8 Å². The molecule has 0 radical (unpaired) electrons. The molecule has 1 saturated heterocycles. The van der Waals surface area contributed by atoms with Crippen LogP contribution in [0.2, 0.25) is 5.02 Å². The van der Waals surface area contributed by atoms with Crippen molar-refractivity contribution in [1.29, 1.82) is 0 Å². The van der Waals surface area contributed by atoms with Gasteiger partial charge in [-0.3, -0.25) is 4.79 Å². The minimum Gasteiger partial charge on any atom is -0.495 e. The Morgan fingerprint density at radius 3 is 2.83 bits per heavy atom. The van der Waals surface area contributed by atoms with E-state index in [0.29, 0.717) is 30.3 Å². The van der Waals surface area contributed by atoms with Crippen molar-refractivity contribution in [1.82, 2.24) is 0 Å². The van der Waals surface area contributed by atoms with Gasteiger partial charge in [-0.15, -0.1) is 0 Å². The van der Waals surface area contributed by atoms with Crippen LogP contribution < -0.4 is 15.4 Å². The first-order valence-electron chi connectivity index (χ1n) is 5.91. The van der Waals surface area contributed by atoms with Crippen LogP contribution in [0.5, 0.6) is 5.75 Å². The number of aryl methyl sites for hydroxylation is 1. The summed E-state index contributed by atoms with van der Waals surface area (Å²) in [6.07, 6.45) is 0.491. The smallest absolute Gasteiger partial charge is 0.227 e. The minimum absolute atomic E-state index is 0.0728. The lowest BCUT2D eigenvalue weighted by Gasteiger charge is -2.20. The molecule has 1 fully saturated rings. The number of hydrogen-bond acceptors (Lipinski definition) is 3. The number of carbonyl (C=O) groups is 1. The molecule has 5 heteroatoms. The van der Waals surface area contributed by atoms with Crippen LogP contribution in [0.1, 0.15) is 12.0 Å². The summed E-state index contributed by atoms with van der Waals surface area (Å²) in [7, 11) is 1.59. The van der Waals surface area contributed by atoms with E-state index < -0.39 is 0 Å². The fraction of sp³-hybridized carbons (Fsp3) is 0.462. The van der Waals surface area contributed by atoms with Crippen molar-refractivity contribution >= 4 is 23.2 Å². The lowest BCUT2D eigenvalue weighted by molar-refractivity contribution is -0.117. The molecular weight excluding hydrogens is 252 g/mol. The van der Waals surface area contributed by atoms with E-state index in [9.17, 15) is 4.79 Å². The summed E-state index contributed by atoms with van der Waals surface area (Å²) >= 11 is 6.12. The maximum atomic E-state index is 12.0. The number of amides is 1. The van der Waals surface area contributed by atoms with Gasteiger partial charge in [-0.05, 0) is 37.1 Å². The summed E-state index contributed by atoms with van der Waals surface area (Å²) < 4.78 is 5.33. The number of ether oxygens (including phenoxy) is 1. The summed E-state index contributed by atoms with van der Waals surface area (Å²) in [4.78, 5) is 13.7. The Kier molecular flexibility index (Phi) is 3.78. The van der Waals surface area contributed by atoms with Gasteiger partial charge in [-0.25, -0.2) is 0 Å². The van der Waals surface area contributed by atoms with Gasteiger partial charge in [0.2, 0.25) is 5.91 Å². The largest absolute Gasteiger partial charge is 0.495 e. The monoisotopic (exact) mass is 268 g/mol. The van der Waals surface area contributed by atoms with Crippen molar-refractivity contribution in [2.75, 3.05) is 25.1 Å². The Bertz CT molecular complexity index is 476. The number of nitrogens with zero attached hydrogens (tertiary/aromatic N) is 1. The Morgan fingerprint density at radius 1 is 1.56 bits per heavy atom.